The Kier molecular flexibility index (Phi) is 11.5. The highest BCUT2D eigenvalue weighted by Crippen LogP contribution is 2.37. The van der Waals surface area contributed by atoms with E-state index in [0.29, 0.717) is 26.3 Å². The van der Waals surface area contributed by atoms with Gasteiger partial charge in [-0.25, -0.2) is 9.59 Å². The van der Waals surface area contributed by atoms with Crippen molar-refractivity contribution < 1.29 is 43.1 Å². The monoisotopic (exact) mass is 615 g/mol. The summed E-state index contributed by atoms with van der Waals surface area (Å²) in [5.41, 5.74) is -1.32. The summed E-state index contributed by atoms with van der Waals surface area (Å²) in [5, 5.41) is 22.5. The summed E-state index contributed by atoms with van der Waals surface area (Å²) in [6.45, 7) is 4.82. The zero-order chi connectivity index (χ0) is 30.1. The van der Waals surface area contributed by atoms with Crippen LogP contribution in [-0.2, 0) is 14.2 Å². The highest BCUT2D eigenvalue weighted by Gasteiger charge is 2.28. The van der Waals surface area contributed by atoms with Crippen LogP contribution in [0.2, 0.25) is 10.0 Å². The van der Waals surface area contributed by atoms with Gasteiger partial charge >= 0.3 is 11.9 Å². The minimum atomic E-state index is -0.789. The van der Waals surface area contributed by atoms with Crippen LogP contribution in [0.25, 0.3) is 0 Å². The molecule has 1 fully saturated rings. The number of hydrogen-bond acceptors (Lipinski definition) is 12. The first-order valence-corrected chi connectivity index (χ1v) is 13.2. The lowest BCUT2D eigenvalue weighted by Gasteiger charge is -2.34. The maximum Gasteiger partial charge on any atom is 0.338 e. The molecule has 0 N–H and O–H groups in total. The molecule has 3 rings (SSSR count). The molecule has 0 unspecified atom stereocenters. The number of carbonyl (C=O) groups is 2. The Bertz CT molecular complexity index is 1210. The average molecular weight is 616 g/mol. The summed E-state index contributed by atoms with van der Waals surface area (Å²) >= 11 is 12.5. The van der Waals surface area contributed by atoms with Crippen molar-refractivity contribution in [2.45, 2.75) is 19.9 Å². The largest absolute Gasteiger partial charge is 0.490 e. The van der Waals surface area contributed by atoms with Crippen LogP contribution in [0, 0.1) is 20.2 Å². The standard InChI is InChI=1S/C25H27Cl2N3O11/c1-3-38-24(31)15-9-18(29(33)34)22(26)20(11-15)40-13-17(28-5-7-37-8-6-28)14-41-21-12-16(25(32)39-4-2)10-19(23(21)27)30(35)36/h9-12,17H,3-8,13-14H2,1-2H3. The predicted molar refractivity (Wildman–Crippen MR) is 145 cm³/mol. The van der Waals surface area contributed by atoms with Crippen molar-refractivity contribution in [3.8, 4) is 11.5 Å². The Hall–Kier alpha value is -3.72. The third-order valence-corrected chi connectivity index (χ3v) is 6.64. The minimum absolute atomic E-state index is 0.0555. The van der Waals surface area contributed by atoms with Crippen molar-refractivity contribution in [3.63, 3.8) is 0 Å². The molecule has 2 aromatic rings. The molecule has 1 aliphatic rings. The number of carbonyl (C=O) groups excluding carboxylic acids is 2. The fraction of sp³-hybridized carbons (Fsp3) is 0.440. The Morgan fingerprint density at radius 1 is 0.854 bits per heavy atom. The first-order valence-electron chi connectivity index (χ1n) is 12.4. The van der Waals surface area contributed by atoms with Crippen molar-refractivity contribution in [1.29, 1.82) is 0 Å². The van der Waals surface area contributed by atoms with Crippen LogP contribution < -0.4 is 9.47 Å². The summed E-state index contributed by atoms with van der Waals surface area (Å²) in [7, 11) is 0. The van der Waals surface area contributed by atoms with Gasteiger partial charge in [0, 0.05) is 25.2 Å². The molecule has 14 nitrogen and oxygen atoms in total. The number of ether oxygens (including phenoxy) is 5. The van der Waals surface area contributed by atoms with Gasteiger partial charge in [-0.15, -0.1) is 0 Å². The molecule has 0 atom stereocenters. The lowest BCUT2D eigenvalue weighted by molar-refractivity contribution is -0.384. The van der Waals surface area contributed by atoms with Crippen molar-refractivity contribution in [3.05, 3.63) is 65.7 Å². The SMILES string of the molecule is CCOC(=O)c1cc(OCC(COc2cc(C(=O)OCC)cc([N+](=O)[O-])c2Cl)N2CCOCC2)c(Cl)c([N+](=O)[O-])c1. The van der Waals surface area contributed by atoms with Crippen LogP contribution in [0.1, 0.15) is 34.6 Å². The van der Waals surface area contributed by atoms with Crippen molar-refractivity contribution in [2.75, 3.05) is 52.7 Å². The van der Waals surface area contributed by atoms with Gasteiger partial charge in [-0.05, 0) is 26.0 Å². The van der Waals surface area contributed by atoms with Gasteiger partial charge in [-0.2, -0.15) is 0 Å². The summed E-state index contributed by atoms with van der Waals surface area (Å²) in [6, 6.07) is 3.95. The zero-order valence-electron chi connectivity index (χ0n) is 22.1. The van der Waals surface area contributed by atoms with E-state index in [4.69, 9.17) is 46.9 Å². The molecular formula is C25H27Cl2N3O11. The fourth-order valence-electron chi connectivity index (χ4n) is 3.88. The molecular weight excluding hydrogens is 589 g/mol. The van der Waals surface area contributed by atoms with Crippen molar-refractivity contribution >= 4 is 46.5 Å². The summed E-state index contributed by atoms with van der Waals surface area (Å²) in [5.74, 6) is -1.83. The quantitative estimate of drug-likeness (QED) is 0.178. The molecule has 0 aliphatic carbocycles. The summed E-state index contributed by atoms with van der Waals surface area (Å²) in [6.07, 6.45) is 0. The van der Waals surface area contributed by atoms with Gasteiger partial charge in [0.25, 0.3) is 11.4 Å². The number of esters is 2. The van der Waals surface area contributed by atoms with E-state index in [0.717, 1.165) is 12.1 Å². The number of morpholine rings is 1. The highest BCUT2D eigenvalue weighted by atomic mass is 35.5. The molecule has 2 aromatic carbocycles. The molecule has 0 radical (unpaired) electrons. The smallest absolute Gasteiger partial charge is 0.338 e. The molecule has 1 heterocycles. The van der Waals surface area contributed by atoms with E-state index in [1.807, 2.05) is 4.90 Å². The summed E-state index contributed by atoms with van der Waals surface area (Å²) < 4.78 is 27.0. The molecule has 41 heavy (non-hydrogen) atoms. The third-order valence-electron chi connectivity index (χ3n) is 5.88. The first-order chi connectivity index (χ1) is 19.6. The highest BCUT2D eigenvalue weighted by molar-refractivity contribution is 6.34. The van der Waals surface area contributed by atoms with Crippen LogP contribution in [0.4, 0.5) is 11.4 Å². The number of hydrogen-bond donors (Lipinski definition) is 0. The molecule has 16 heteroatoms. The second-order valence-electron chi connectivity index (χ2n) is 8.49. The number of nitro benzene ring substituents is 2. The van der Waals surface area contributed by atoms with Gasteiger partial charge in [0.1, 0.15) is 24.7 Å². The van der Waals surface area contributed by atoms with Crippen LogP contribution in [0.3, 0.4) is 0 Å². The van der Waals surface area contributed by atoms with Crippen LogP contribution in [-0.4, -0.2) is 85.5 Å². The Morgan fingerprint density at radius 2 is 1.27 bits per heavy atom. The van der Waals surface area contributed by atoms with Crippen LogP contribution in [0.15, 0.2) is 24.3 Å². The van der Waals surface area contributed by atoms with E-state index in [-0.39, 0.29) is 59.1 Å². The molecule has 0 bridgehead atoms. The summed E-state index contributed by atoms with van der Waals surface area (Å²) in [4.78, 5) is 48.1. The number of nitrogens with zero attached hydrogens (tertiary/aromatic N) is 3. The van der Waals surface area contributed by atoms with E-state index in [1.165, 1.54) is 12.1 Å². The lowest BCUT2D eigenvalue weighted by atomic mass is 10.1. The lowest BCUT2D eigenvalue weighted by Crippen LogP contribution is -2.49. The van der Waals surface area contributed by atoms with Gasteiger partial charge in [-0.1, -0.05) is 23.2 Å². The van der Waals surface area contributed by atoms with E-state index >= 15 is 0 Å². The number of halogens is 2. The van der Waals surface area contributed by atoms with E-state index in [9.17, 15) is 29.8 Å². The molecule has 1 aliphatic heterocycles. The maximum atomic E-state index is 12.3. The Labute approximate surface area is 244 Å². The molecule has 1 saturated heterocycles. The second-order valence-corrected chi connectivity index (χ2v) is 9.25. The Morgan fingerprint density at radius 3 is 1.63 bits per heavy atom. The van der Waals surface area contributed by atoms with Gasteiger partial charge in [0.15, 0.2) is 10.0 Å². The molecule has 0 spiro atoms. The second kappa shape index (κ2) is 14.8. The Balaban J connectivity index is 1.89. The molecule has 0 aromatic heterocycles. The van der Waals surface area contributed by atoms with Gasteiger partial charge < -0.3 is 23.7 Å². The predicted octanol–water partition coefficient (Wildman–Crippen LogP) is 4.32. The molecule has 0 amide bonds. The van der Waals surface area contributed by atoms with E-state index in [2.05, 4.69) is 0 Å². The topological polar surface area (TPSA) is 170 Å². The normalized spacial score (nSPS) is 13.5. The number of benzene rings is 2. The van der Waals surface area contributed by atoms with Crippen LogP contribution in [0.5, 0.6) is 11.5 Å². The zero-order valence-corrected chi connectivity index (χ0v) is 23.6. The number of nitro groups is 2. The van der Waals surface area contributed by atoms with Gasteiger partial charge in [0.2, 0.25) is 0 Å². The number of rotatable bonds is 13. The van der Waals surface area contributed by atoms with Crippen molar-refractivity contribution in [2.24, 2.45) is 0 Å². The minimum Gasteiger partial charge on any atom is -0.490 e. The average Bonchev–Trinajstić information content (AvgIpc) is 2.94. The van der Waals surface area contributed by atoms with Gasteiger partial charge in [0.05, 0.1) is 53.4 Å². The van der Waals surface area contributed by atoms with Gasteiger partial charge in [-0.3, -0.25) is 25.1 Å². The van der Waals surface area contributed by atoms with Crippen LogP contribution >= 0.6 is 23.2 Å². The van der Waals surface area contributed by atoms with Crippen molar-refractivity contribution in [1.82, 2.24) is 4.90 Å². The maximum absolute atomic E-state index is 12.3. The van der Waals surface area contributed by atoms with E-state index in [1.54, 1.807) is 13.8 Å². The third kappa shape index (κ3) is 8.16. The molecule has 0 saturated carbocycles. The molecule has 222 valence electrons. The fourth-order valence-corrected chi connectivity index (χ4v) is 4.35. The first kappa shape index (κ1) is 31.8. The van der Waals surface area contributed by atoms with E-state index < -0.39 is 39.2 Å².